The maximum Gasteiger partial charge on any atom is 0.179 e. The number of hydrogen-bond acceptors (Lipinski definition) is 3. The van der Waals surface area contributed by atoms with Crippen LogP contribution in [0.25, 0.3) is 22.6 Å². The van der Waals surface area contributed by atoms with Crippen molar-refractivity contribution in [2.75, 3.05) is 7.11 Å². The molecule has 6 heteroatoms. The lowest BCUT2D eigenvalue weighted by molar-refractivity contribution is 0.412. The van der Waals surface area contributed by atoms with Gasteiger partial charge in [-0.2, -0.15) is 0 Å². The molecule has 0 saturated carbocycles. The molecule has 0 aliphatic heterocycles. The van der Waals surface area contributed by atoms with Gasteiger partial charge in [-0.25, -0.2) is 9.97 Å². The summed E-state index contributed by atoms with van der Waals surface area (Å²) in [6.45, 7) is 1.99. The summed E-state index contributed by atoms with van der Waals surface area (Å²) in [5.41, 5.74) is 3.26. The number of aromatic nitrogens is 3. The summed E-state index contributed by atoms with van der Waals surface area (Å²) >= 11 is 11.8. The van der Waals surface area contributed by atoms with Gasteiger partial charge in [0.05, 0.1) is 17.6 Å². The smallest absolute Gasteiger partial charge is 0.179 e. The third-order valence-electron chi connectivity index (χ3n) is 3.07. The number of hydrogen-bond donors (Lipinski definition) is 1. The Bertz CT molecular complexity index is 759. The fourth-order valence-corrected chi connectivity index (χ4v) is 2.29. The summed E-state index contributed by atoms with van der Waals surface area (Å²) in [5.74, 6) is 1.51. The average Bonchev–Trinajstić information content (AvgIpc) is 2.82. The Balaban J connectivity index is 2.14. The molecule has 0 bridgehead atoms. The third-order valence-corrected chi connectivity index (χ3v) is 3.74. The Labute approximate surface area is 125 Å². The van der Waals surface area contributed by atoms with Gasteiger partial charge in [0.1, 0.15) is 16.7 Å². The highest BCUT2D eigenvalue weighted by molar-refractivity contribution is 6.41. The van der Waals surface area contributed by atoms with Crippen LogP contribution in [0.4, 0.5) is 0 Å². The summed E-state index contributed by atoms with van der Waals surface area (Å²) < 4.78 is 5.32. The summed E-state index contributed by atoms with van der Waals surface area (Å²) in [6, 6.07) is 7.60. The number of rotatable bonds is 2. The highest BCUT2D eigenvalue weighted by atomic mass is 35.5. The Morgan fingerprint density at radius 3 is 2.70 bits per heavy atom. The molecule has 102 valence electrons. The van der Waals surface area contributed by atoms with Crippen molar-refractivity contribution in [3.8, 4) is 17.1 Å². The van der Waals surface area contributed by atoms with E-state index >= 15 is 0 Å². The van der Waals surface area contributed by atoms with Crippen LogP contribution in [0.1, 0.15) is 5.56 Å². The monoisotopic (exact) mass is 307 g/mol. The minimum Gasteiger partial charge on any atom is -0.496 e. The maximum atomic E-state index is 5.95. The molecule has 0 aliphatic rings. The van der Waals surface area contributed by atoms with Crippen LogP contribution in [0.15, 0.2) is 24.3 Å². The normalized spacial score (nSPS) is 11.0. The number of aromatic amines is 1. The van der Waals surface area contributed by atoms with E-state index in [1.807, 2.05) is 25.1 Å². The van der Waals surface area contributed by atoms with Crippen LogP contribution in [0, 0.1) is 6.92 Å². The second-order valence-corrected chi connectivity index (χ2v) is 5.17. The molecular formula is C14H11Cl2N3O. The summed E-state index contributed by atoms with van der Waals surface area (Å²) in [4.78, 5) is 11.7. The molecule has 1 N–H and O–H groups in total. The predicted molar refractivity (Wildman–Crippen MR) is 80.6 cm³/mol. The van der Waals surface area contributed by atoms with Crippen LogP contribution >= 0.6 is 23.2 Å². The van der Waals surface area contributed by atoms with E-state index in [0.29, 0.717) is 16.5 Å². The maximum absolute atomic E-state index is 5.95. The second kappa shape index (κ2) is 4.96. The van der Waals surface area contributed by atoms with Crippen molar-refractivity contribution in [1.82, 2.24) is 15.0 Å². The van der Waals surface area contributed by atoms with Gasteiger partial charge in [0, 0.05) is 5.56 Å². The van der Waals surface area contributed by atoms with E-state index < -0.39 is 0 Å². The van der Waals surface area contributed by atoms with Crippen molar-refractivity contribution in [3.63, 3.8) is 0 Å². The molecule has 3 aromatic rings. The molecule has 3 rings (SSSR count). The van der Waals surface area contributed by atoms with E-state index in [2.05, 4.69) is 15.0 Å². The minimum absolute atomic E-state index is 0.249. The number of nitrogens with one attached hydrogen (secondary N) is 1. The van der Waals surface area contributed by atoms with Gasteiger partial charge in [-0.1, -0.05) is 35.3 Å². The molecule has 4 nitrogen and oxygen atoms in total. The Kier molecular flexibility index (Phi) is 3.28. The zero-order valence-electron chi connectivity index (χ0n) is 10.9. The fourth-order valence-electron chi connectivity index (χ4n) is 2.00. The molecule has 0 atom stereocenters. The zero-order valence-corrected chi connectivity index (χ0v) is 12.4. The van der Waals surface area contributed by atoms with Crippen LogP contribution in [0.5, 0.6) is 5.75 Å². The van der Waals surface area contributed by atoms with E-state index in [0.717, 1.165) is 22.4 Å². The second-order valence-electron chi connectivity index (χ2n) is 4.40. The largest absolute Gasteiger partial charge is 0.496 e. The van der Waals surface area contributed by atoms with Gasteiger partial charge in [0.15, 0.2) is 5.65 Å². The molecule has 0 fully saturated rings. The zero-order chi connectivity index (χ0) is 14.3. The Hall–Kier alpha value is -1.78. The first-order valence-corrected chi connectivity index (χ1v) is 6.71. The molecule has 0 aliphatic carbocycles. The number of benzene rings is 1. The molecule has 0 amide bonds. The number of ether oxygens (including phenoxy) is 1. The van der Waals surface area contributed by atoms with E-state index in [-0.39, 0.29) is 5.15 Å². The third kappa shape index (κ3) is 2.21. The molecule has 0 saturated heterocycles. The number of aryl methyl sites for hydroxylation is 1. The first-order chi connectivity index (χ1) is 9.58. The standard InChI is InChI=1S/C14H11Cl2N3O/c1-7-3-4-8(5-11(7)20-2)13-17-10-6-9(15)12(16)18-14(10)19-13/h3-6H,1-2H3,(H,17,18,19). The van der Waals surface area contributed by atoms with Crippen molar-refractivity contribution < 1.29 is 4.74 Å². The summed E-state index contributed by atoms with van der Waals surface area (Å²) in [5, 5.41) is 0.648. The molecule has 0 unspecified atom stereocenters. The number of H-pyrrole nitrogens is 1. The first-order valence-electron chi connectivity index (χ1n) is 5.95. The van der Waals surface area contributed by atoms with Crippen molar-refractivity contribution >= 4 is 34.4 Å². The van der Waals surface area contributed by atoms with Crippen LogP contribution in [-0.4, -0.2) is 22.1 Å². The fraction of sp³-hybridized carbons (Fsp3) is 0.143. The van der Waals surface area contributed by atoms with Gasteiger partial charge in [0.2, 0.25) is 0 Å². The van der Waals surface area contributed by atoms with Crippen LogP contribution in [0.2, 0.25) is 10.2 Å². The van der Waals surface area contributed by atoms with Crippen LogP contribution in [0.3, 0.4) is 0 Å². The molecule has 2 heterocycles. The van der Waals surface area contributed by atoms with Crippen LogP contribution < -0.4 is 4.74 Å². The SMILES string of the molecule is COc1cc(-c2nc3nc(Cl)c(Cl)cc3[nH]2)ccc1C. The van der Waals surface area contributed by atoms with Crippen molar-refractivity contribution in [3.05, 3.63) is 40.0 Å². The van der Waals surface area contributed by atoms with Gasteiger partial charge in [0.25, 0.3) is 0 Å². The molecule has 20 heavy (non-hydrogen) atoms. The highest BCUT2D eigenvalue weighted by Gasteiger charge is 2.10. The van der Waals surface area contributed by atoms with E-state index in [1.54, 1.807) is 13.2 Å². The van der Waals surface area contributed by atoms with Gasteiger partial charge in [-0.3, -0.25) is 0 Å². The average molecular weight is 308 g/mol. The number of nitrogens with zero attached hydrogens (tertiary/aromatic N) is 2. The lowest BCUT2D eigenvalue weighted by Gasteiger charge is -2.05. The number of methoxy groups -OCH3 is 1. The Morgan fingerprint density at radius 1 is 1.15 bits per heavy atom. The number of pyridine rings is 1. The van der Waals surface area contributed by atoms with E-state index in [4.69, 9.17) is 27.9 Å². The van der Waals surface area contributed by atoms with Crippen molar-refractivity contribution in [2.45, 2.75) is 6.92 Å². The van der Waals surface area contributed by atoms with Gasteiger partial charge in [-0.05, 0) is 24.6 Å². The first kappa shape index (κ1) is 13.2. The molecule has 0 spiro atoms. The van der Waals surface area contributed by atoms with Crippen molar-refractivity contribution in [1.29, 1.82) is 0 Å². The lowest BCUT2D eigenvalue weighted by atomic mass is 10.1. The van der Waals surface area contributed by atoms with E-state index in [9.17, 15) is 0 Å². The summed E-state index contributed by atoms with van der Waals surface area (Å²) in [6.07, 6.45) is 0. The number of fused-ring (bicyclic) bond motifs is 1. The summed E-state index contributed by atoms with van der Waals surface area (Å²) in [7, 11) is 1.64. The minimum atomic E-state index is 0.249. The number of imidazole rings is 1. The lowest BCUT2D eigenvalue weighted by Crippen LogP contribution is -1.88. The quantitative estimate of drug-likeness (QED) is 0.720. The molecule has 1 aromatic carbocycles. The molecular weight excluding hydrogens is 297 g/mol. The van der Waals surface area contributed by atoms with Crippen molar-refractivity contribution in [2.24, 2.45) is 0 Å². The molecule has 2 aromatic heterocycles. The topological polar surface area (TPSA) is 50.8 Å². The molecule has 0 radical (unpaired) electrons. The highest BCUT2D eigenvalue weighted by Crippen LogP contribution is 2.28. The van der Waals surface area contributed by atoms with Gasteiger partial charge in [-0.15, -0.1) is 0 Å². The van der Waals surface area contributed by atoms with Gasteiger partial charge >= 0.3 is 0 Å². The van der Waals surface area contributed by atoms with E-state index in [1.165, 1.54) is 0 Å². The van der Waals surface area contributed by atoms with Crippen LogP contribution in [-0.2, 0) is 0 Å². The number of halogens is 2. The Morgan fingerprint density at radius 2 is 1.95 bits per heavy atom. The predicted octanol–water partition coefficient (Wildman–Crippen LogP) is 4.25. The van der Waals surface area contributed by atoms with Gasteiger partial charge < -0.3 is 9.72 Å².